The molecule has 1 amide bonds. The number of rotatable bonds is 5. The van der Waals surface area contributed by atoms with Crippen molar-refractivity contribution in [3.8, 4) is 11.4 Å². The maximum absolute atomic E-state index is 13.0. The first kappa shape index (κ1) is 20.2. The minimum atomic E-state index is -4.55. The lowest BCUT2D eigenvalue weighted by atomic mass is 10.1. The standard InChI is InChI=1S/C18H14ClF3N4OS/c1-26-16(11-6-8-12(19)9-7-11)24-25-17(26)28-10-15(27)23-14-5-3-2-4-13(14)18(20,21)22/h2-9H,10H2,1H3,(H,23,27). The fourth-order valence-corrected chi connectivity index (χ4v) is 3.28. The molecule has 0 bridgehead atoms. The van der Waals surface area contributed by atoms with Crippen molar-refractivity contribution in [1.82, 2.24) is 14.8 Å². The Bertz CT molecular complexity index is 989. The molecule has 1 aromatic heterocycles. The van der Waals surface area contributed by atoms with Gasteiger partial charge in [-0.25, -0.2) is 0 Å². The van der Waals surface area contributed by atoms with Crippen LogP contribution in [0.3, 0.4) is 0 Å². The zero-order valence-electron chi connectivity index (χ0n) is 14.5. The molecule has 3 rings (SSSR count). The van der Waals surface area contributed by atoms with E-state index in [1.165, 1.54) is 18.2 Å². The maximum Gasteiger partial charge on any atom is 0.418 e. The molecule has 146 valence electrons. The predicted octanol–water partition coefficient (Wildman–Crippen LogP) is 4.89. The highest BCUT2D eigenvalue weighted by Crippen LogP contribution is 2.34. The van der Waals surface area contributed by atoms with E-state index in [2.05, 4.69) is 15.5 Å². The summed E-state index contributed by atoms with van der Waals surface area (Å²) in [6, 6.07) is 11.9. The van der Waals surface area contributed by atoms with Crippen molar-refractivity contribution in [2.24, 2.45) is 7.05 Å². The highest BCUT2D eigenvalue weighted by Gasteiger charge is 2.33. The molecular weight excluding hydrogens is 413 g/mol. The first-order chi connectivity index (χ1) is 13.3. The molecule has 0 aliphatic carbocycles. The van der Waals surface area contributed by atoms with Crippen LogP contribution in [0.5, 0.6) is 0 Å². The number of thioether (sulfide) groups is 1. The number of carbonyl (C=O) groups is 1. The van der Waals surface area contributed by atoms with Crippen molar-refractivity contribution in [1.29, 1.82) is 0 Å². The molecule has 0 saturated heterocycles. The third-order valence-electron chi connectivity index (χ3n) is 3.78. The van der Waals surface area contributed by atoms with Gasteiger partial charge < -0.3 is 9.88 Å². The number of nitrogens with one attached hydrogen (secondary N) is 1. The normalized spacial score (nSPS) is 11.5. The van der Waals surface area contributed by atoms with Crippen molar-refractivity contribution in [2.45, 2.75) is 11.3 Å². The van der Waals surface area contributed by atoms with Gasteiger partial charge in [0.1, 0.15) is 0 Å². The molecule has 0 aliphatic rings. The zero-order chi connectivity index (χ0) is 20.3. The van der Waals surface area contributed by atoms with E-state index in [1.807, 2.05) is 0 Å². The molecule has 10 heteroatoms. The molecule has 0 spiro atoms. The molecule has 0 atom stereocenters. The number of amides is 1. The minimum Gasteiger partial charge on any atom is -0.325 e. The van der Waals surface area contributed by atoms with Gasteiger partial charge in [-0.15, -0.1) is 10.2 Å². The van der Waals surface area contributed by atoms with E-state index in [4.69, 9.17) is 11.6 Å². The van der Waals surface area contributed by atoms with Crippen molar-refractivity contribution >= 4 is 35.0 Å². The molecule has 0 aliphatic heterocycles. The average molecular weight is 427 g/mol. The van der Waals surface area contributed by atoms with Crippen LogP contribution in [0.25, 0.3) is 11.4 Å². The summed E-state index contributed by atoms with van der Waals surface area (Å²) in [6.07, 6.45) is -4.55. The molecular formula is C18H14ClF3N4OS. The van der Waals surface area contributed by atoms with Crippen molar-refractivity contribution in [3.63, 3.8) is 0 Å². The molecule has 2 aromatic carbocycles. The zero-order valence-corrected chi connectivity index (χ0v) is 16.1. The van der Waals surface area contributed by atoms with Crippen LogP contribution in [0.15, 0.2) is 53.7 Å². The van der Waals surface area contributed by atoms with Crippen LogP contribution in [0.2, 0.25) is 5.02 Å². The van der Waals surface area contributed by atoms with Crippen LogP contribution in [0.1, 0.15) is 5.56 Å². The van der Waals surface area contributed by atoms with E-state index in [0.29, 0.717) is 16.0 Å². The maximum atomic E-state index is 13.0. The molecule has 0 radical (unpaired) electrons. The SMILES string of the molecule is Cn1c(SCC(=O)Nc2ccccc2C(F)(F)F)nnc1-c1ccc(Cl)cc1. The van der Waals surface area contributed by atoms with Gasteiger partial charge in [-0.1, -0.05) is 35.5 Å². The first-order valence-corrected chi connectivity index (χ1v) is 9.36. The van der Waals surface area contributed by atoms with Gasteiger partial charge in [0.2, 0.25) is 5.91 Å². The predicted molar refractivity (Wildman–Crippen MR) is 102 cm³/mol. The molecule has 1 N–H and O–H groups in total. The lowest BCUT2D eigenvalue weighted by molar-refractivity contribution is -0.137. The quantitative estimate of drug-likeness (QED) is 0.590. The van der Waals surface area contributed by atoms with E-state index >= 15 is 0 Å². The summed E-state index contributed by atoms with van der Waals surface area (Å²) in [6.45, 7) is 0. The summed E-state index contributed by atoms with van der Waals surface area (Å²) in [7, 11) is 1.74. The lowest BCUT2D eigenvalue weighted by Gasteiger charge is -2.13. The topological polar surface area (TPSA) is 59.8 Å². The fraction of sp³-hybridized carbons (Fsp3) is 0.167. The summed E-state index contributed by atoms with van der Waals surface area (Å²) in [5.41, 5.74) is -0.368. The molecule has 5 nitrogen and oxygen atoms in total. The lowest BCUT2D eigenvalue weighted by Crippen LogP contribution is -2.18. The number of benzene rings is 2. The second kappa shape index (κ2) is 8.24. The Morgan fingerprint density at radius 3 is 2.50 bits per heavy atom. The minimum absolute atomic E-state index is 0.112. The summed E-state index contributed by atoms with van der Waals surface area (Å²) in [4.78, 5) is 12.1. The highest BCUT2D eigenvalue weighted by atomic mass is 35.5. The van der Waals surface area contributed by atoms with E-state index < -0.39 is 17.6 Å². The van der Waals surface area contributed by atoms with E-state index in [0.717, 1.165) is 23.4 Å². The van der Waals surface area contributed by atoms with E-state index in [1.54, 1.807) is 35.9 Å². The van der Waals surface area contributed by atoms with Crippen molar-refractivity contribution in [3.05, 3.63) is 59.1 Å². The molecule has 0 fully saturated rings. The Morgan fingerprint density at radius 2 is 1.82 bits per heavy atom. The summed E-state index contributed by atoms with van der Waals surface area (Å²) in [5.74, 6) is -0.0987. The van der Waals surface area contributed by atoms with Gasteiger partial charge >= 0.3 is 6.18 Å². The van der Waals surface area contributed by atoms with Gasteiger partial charge in [0, 0.05) is 17.6 Å². The monoisotopic (exact) mass is 426 g/mol. The number of carbonyl (C=O) groups excluding carboxylic acids is 1. The number of para-hydroxylation sites is 1. The van der Waals surface area contributed by atoms with Crippen LogP contribution < -0.4 is 5.32 Å². The number of anilines is 1. The largest absolute Gasteiger partial charge is 0.418 e. The van der Waals surface area contributed by atoms with E-state index in [-0.39, 0.29) is 11.4 Å². The summed E-state index contributed by atoms with van der Waals surface area (Å²) in [5, 5.41) is 11.5. The van der Waals surface area contributed by atoms with Crippen LogP contribution in [0, 0.1) is 0 Å². The van der Waals surface area contributed by atoms with Crippen LogP contribution >= 0.6 is 23.4 Å². The van der Waals surface area contributed by atoms with Gasteiger partial charge in [-0.3, -0.25) is 4.79 Å². The van der Waals surface area contributed by atoms with Gasteiger partial charge in [0.15, 0.2) is 11.0 Å². The number of hydrogen-bond acceptors (Lipinski definition) is 4. The van der Waals surface area contributed by atoms with Gasteiger partial charge in [-0.2, -0.15) is 13.2 Å². The second-order valence-corrected chi connectivity index (χ2v) is 7.13. The summed E-state index contributed by atoms with van der Waals surface area (Å²) < 4.78 is 40.7. The third-order valence-corrected chi connectivity index (χ3v) is 5.05. The van der Waals surface area contributed by atoms with Crippen molar-refractivity contribution in [2.75, 3.05) is 11.1 Å². The molecule has 1 heterocycles. The fourth-order valence-electron chi connectivity index (χ4n) is 2.45. The van der Waals surface area contributed by atoms with Crippen molar-refractivity contribution < 1.29 is 18.0 Å². The Balaban J connectivity index is 1.67. The van der Waals surface area contributed by atoms with Gasteiger partial charge in [0.05, 0.1) is 17.0 Å². The number of aromatic nitrogens is 3. The van der Waals surface area contributed by atoms with Crippen LogP contribution in [0.4, 0.5) is 18.9 Å². The number of nitrogens with zero attached hydrogens (tertiary/aromatic N) is 3. The smallest absolute Gasteiger partial charge is 0.325 e. The molecule has 0 unspecified atom stereocenters. The molecule has 0 saturated carbocycles. The Kier molecular flexibility index (Phi) is 5.95. The average Bonchev–Trinajstić information content (AvgIpc) is 3.01. The molecule has 28 heavy (non-hydrogen) atoms. The second-order valence-electron chi connectivity index (χ2n) is 5.75. The van der Waals surface area contributed by atoms with Crippen LogP contribution in [-0.2, 0) is 18.0 Å². The Morgan fingerprint density at radius 1 is 1.14 bits per heavy atom. The van der Waals surface area contributed by atoms with Crippen LogP contribution in [-0.4, -0.2) is 26.4 Å². The number of hydrogen-bond donors (Lipinski definition) is 1. The van der Waals surface area contributed by atoms with Gasteiger partial charge in [0.25, 0.3) is 0 Å². The highest BCUT2D eigenvalue weighted by molar-refractivity contribution is 7.99. The number of alkyl halides is 3. The molecule has 3 aromatic rings. The first-order valence-electron chi connectivity index (χ1n) is 8.00. The Hall–Kier alpha value is -2.52. The van der Waals surface area contributed by atoms with Gasteiger partial charge in [-0.05, 0) is 36.4 Å². The summed E-state index contributed by atoms with van der Waals surface area (Å²) >= 11 is 6.95. The Labute approximate surface area is 167 Å². The number of halogens is 4. The third kappa shape index (κ3) is 4.66. The van der Waals surface area contributed by atoms with E-state index in [9.17, 15) is 18.0 Å².